The number of amides is 2. The maximum absolute atomic E-state index is 12.3. The van der Waals surface area contributed by atoms with E-state index in [9.17, 15) is 4.79 Å². The fourth-order valence-electron chi connectivity index (χ4n) is 2.06. The van der Waals surface area contributed by atoms with Crippen LogP contribution in [0, 0.1) is 0 Å². The van der Waals surface area contributed by atoms with E-state index >= 15 is 0 Å². The number of aliphatic imine (C=N–C) groups is 1. The Bertz CT molecular complexity index is 591. The van der Waals surface area contributed by atoms with Gasteiger partial charge in [0.25, 0.3) is 0 Å². The van der Waals surface area contributed by atoms with Crippen molar-refractivity contribution in [3.05, 3.63) is 36.4 Å². The quantitative estimate of drug-likeness (QED) is 0.905. The van der Waals surface area contributed by atoms with Crippen LogP contribution in [0.2, 0.25) is 0 Å². The van der Waals surface area contributed by atoms with Gasteiger partial charge < -0.3 is 10.1 Å². The first-order valence-electron chi connectivity index (χ1n) is 7.04. The average molecular weight is 287 g/mol. The predicted molar refractivity (Wildman–Crippen MR) is 84.3 cm³/mol. The number of rotatable bonds is 2. The first-order valence-corrected chi connectivity index (χ1v) is 7.04. The first kappa shape index (κ1) is 15.1. The maximum atomic E-state index is 12.3. The third-order valence-corrected chi connectivity index (χ3v) is 2.99. The summed E-state index contributed by atoms with van der Waals surface area (Å²) in [6.07, 6.45) is 0. The summed E-state index contributed by atoms with van der Waals surface area (Å²) in [7, 11) is 0. The number of nitrogens with one attached hydrogen (secondary N) is 1. The average Bonchev–Trinajstić information content (AvgIpc) is 2.37. The lowest BCUT2D eigenvalue weighted by atomic mass is 10.1. The van der Waals surface area contributed by atoms with Crippen molar-refractivity contribution in [3.63, 3.8) is 0 Å². The Labute approximate surface area is 125 Å². The number of fused-ring (bicyclic) bond motifs is 1. The molecule has 1 N–H and O–H groups in total. The van der Waals surface area contributed by atoms with Crippen molar-refractivity contribution < 1.29 is 9.53 Å². The van der Waals surface area contributed by atoms with E-state index in [4.69, 9.17) is 4.74 Å². The Morgan fingerprint density at radius 2 is 1.95 bits per heavy atom. The van der Waals surface area contributed by atoms with Crippen LogP contribution in [0.4, 0.5) is 10.5 Å². The van der Waals surface area contributed by atoms with Crippen LogP contribution in [0.3, 0.4) is 0 Å². The smallest absolute Gasteiger partial charge is 0.325 e. The van der Waals surface area contributed by atoms with Gasteiger partial charge in [-0.05, 0) is 39.8 Å². The fourth-order valence-corrected chi connectivity index (χ4v) is 2.06. The van der Waals surface area contributed by atoms with E-state index in [0.717, 1.165) is 11.3 Å². The SMILES string of the molecule is C=C1OC(N(C(=O)NC(C)C)C(C)C)=Nc2ccccc21. The van der Waals surface area contributed by atoms with Crippen LogP contribution >= 0.6 is 0 Å². The van der Waals surface area contributed by atoms with Crippen LogP contribution in [0.15, 0.2) is 35.8 Å². The van der Waals surface area contributed by atoms with Crippen LogP contribution in [0.5, 0.6) is 0 Å². The number of para-hydroxylation sites is 1. The Kier molecular flexibility index (Phi) is 4.31. The monoisotopic (exact) mass is 287 g/mol. The molecule has 0 spiro atoms. The molecule has 0 unspecified atom stereocenters. The number of carbonyl (C=O) groups is 1. The molecule has 0 atom stereocenters. The highest BCUT2D eigenvalue weighted by Crippen LogP contribution is 2.31. The van der Waals surface area contributed by atoms with Gasteiger partial charge in [-0.3, -0.25) is 0 Å². The number of amidine groups is 1. The molecule has 0 aromatic heterocycles. The summed E-state index contributed by atoms with van der Waals surface area (Å²) in [4.78, 5) is 18.3. The fraction of sp³-hybridized carbons (Fsp3) is 0.375. The maximum Gasteiger partial charge on any atom is 0.325 e. The van der Waals surface area contributed by atoms with Gasteiger partial charge in [0.1, 0.15) is 5.76 Å². The van der Waals surface area contributed by atoms with Crippen molar-refractivity contribution in [3.8, 4) is 0 Å². The topological polar surface area (TPSA) is 53.9 Å². The molecule has 0 radical (unpaired) electrons. The van der Waals surface area contributed by atoms with Crippen molar-refractivity contribution >= 4 is 23.5 Å². The summed E-state index contributed by atoms with van der Waals surface area (Å²) in [5.74, 6) is 0.499. The number of benzene rings is 1. The molecule has 1 aromatic carbocycles. The van der Waals surface area contributed by atoms with Crippen molar-refractivity contribution in [2.75, 3.05) is 0 Å². The summed E-state index contributed by atoms with van der Waals surface area (Å²) < 4.78 is 5.66. The van der Waals surface area contributed by atoms with Gasteiger partial charge in [-0.2, -0.15) is 4.99 Å². The van der Waals surface area contributed by atoms with Crippen LogP contribution in [-0.4, -0.2) is 29.0 Å². The van der Waals surface area contributed by atoms with Crippen LogP contribution in [-0.2, 0) is 4.74 Å². The van der Waals surface area contributed by atoms with E-state index in [1.54, 1.807) is 0 Å². The van der Waals surface area contributed by atoms with E-state index in [0.29, 0.717) is 5.76 Å². The standard InChI is InChI=1S/C16H21N3O2/c1-10(2)17-15(20)19(11(3)4)16-18-14-9-7-6-8-13(14)12(5)21-16/h6-11H,5H2,1-4H3,(H,17,20). The Balaban J connectivity index is 2.36. The van der Waals surface area contributed by atoms with Gasteiger partial charge in [0.2, 0.25) is 0 Å². The van der Waals surface area contributed by atoms with E-state index in [1.165, 1.54) is 4.90 Å². The first-order chi connectivity index (χ1) is 9.90. The molecule has 0 bridgehead atoms. The van der Waals surface area contributed by atoms with E-state index < -0.39 is 0 Å². The van der Waals surface area contributed by atoms with Gasteiger partial charge in [0, 0.05) is 17.6 Å². The lowest BCUT2D eigenvalue weighted by molar-refractivity contribution is 0.200. The zero-order chi connectivity index (χ0) is 15.6. The second-order valence-corrected chi connectivity index (χ2v) is 5.50. The molecule has 0 fully saturated rings. The third-order valence-electron chi connectivity index (χ3n) is 2.99. The molecule has 21 heavy (non-hydrogen) atoms. The zero-order valence-electron chi connectivity index (χ0n) is 12.9. The molecule has 5 nitrogen and oxygen atoms in total. The Morgan fingerprint density at radius 1 is 1.29 bits per heavy atom. The minimum absolute atomic E-state index is 0.0402. The van der Waals surface area contributed by atoms with E-state index in [2.05, 4.69) is 16.9 Å². The van der Waals surface area contributed by atoms with Crippen LogP contribution in [0.25, 0.3) is 5.76 Å². The highest BCUT2D eigenvalue weighted by molar-refractivity contribution is 5.99. The van der Waals surface area contributed by atoms with Crippen molar-refractivity contribution in [1.29, 1.82) is 0 Å². The van der Waals surface area contributed by atoms with Gasteiger partial charge in [-0.15, -0.1) is 0 Å². The summed E-state index contributed by atoms with van der Waals surface area (Å²) in [5, 5.41) is 2.86. The molecule has 0 aliphatic carbocycles. The molecular weight excluding hydrogens is 266 g/mol. The van der Waals surface area contributed by atoms with Gasteiger partial charge in [-0.25, -0.2) is 9.69 Å². The molecule has 1 aromatic rings. The molecule has 1 heterocycles. The minimum atomic E-state index is -0.231. The molecular formula is C16H21N3O2. The Morgan fingerprint density at radius 3 is 2.57 bits per heavy atom. The van der Waals surface area contributed by atoms with E-state index in [-0.39, 0.29) is 24.1 Å². The number of hydrogen-bond donors (Lipinski definition) is 1. The predicted octanol–water partition coefficient (Wildman–Crippen LogP) is 3.50. The molecule has 2 amide bonds. The summed E-state index contributed by atoms with van der Waals surface area (Å²) in [5.41, 5.74) is 1.60. The lowest BCUT2D eigenvalue weighted by Crippen LogP contribution is -2.50. The van der Waals surface area contributed by atoms with Crippen molar-refractivity contribution in [2.45, 2.75) is 39.8 Å². The number of urea groups is 1. The van der Waals surface area contributed by atoms with E-state index in [1.807, 2.05) is 52.0 Å². The van der Waals surface area contributed by atoms with Gasteiger partial charge in [0.15, 0.2) is 0 Å². The van der Waals surface area contributed by atoms with Gasteiger partial charge in [0.05, 0.1) is 5.69 Å². The normalized spacial score (nSPS) is 13.6. The van der Waals surface area contributed by atoms with Gasteiger partial charge >= 0.3 is 12.1 Å². The largest absolute Gasteiger partial charge is 0.425 e. The summed E-state index contributed by atoms with van der Waals surface area (Å²) in [6.45, 7) is 11.6. The second kappa shape index (κ2) is 5.99. The molecule has 2 rings (SSSR count). The highest BCUT2D eigenvalue weighted by Gasteiger charge is 2.28. The van der Waals surface area contributed by atoms with Crippen molar-refractivity contribution in [2.24, 2.45) is 4.99 Å². The third kappa shape index (κ3) is 3.24. The number of hydrogen-bond acceptors (Lipinski definition) is 3. The molecule has 0 saturated carbocycles. The number of ether oxygens (including phenoxy) is 1. The lowest BCUT2D eigenvalue weighted by Gasteiger charge is -2.30. The molecule has 1 aliphatic rings. The summed E-state index contributed by atoms with van der Waals surface area (Å²) in [6, 6.07) is 7.55. The van der Waals surface area contributed by atoms with Gasteiger partial charge in [-0.1, -0.05) is 18.7 Å². The van der Waals surface area contributed by atoms with Crippen LogP contribution < -0.4 is 5.32 Å². The zero-order valence-corrected chi connectivity index (χ0v) is 12.9. The number of nitrogens with zero attached hydrogens (tertiary/aromatic N) is 2. The second-order valence-electron chi connectivity index (χ2n) is 5.50. The van der Waals surface area contributed by atoms with Crippen molar-refractivity contribution in [1.82, 2.24) is 10.2 Å². The molecule has 112 valence electrons. The number of carbonyl (C=O) groups excluding carboxylic acids is 1. The Hall–Kier alpha value is -2.30. The summed E-state index contributed by atoms with van der Waals surface area (Å²) >= 11 is 0. The van der Waals surface area contributed by atoms with Crippen LogP contribution in [0.1, 0.15) is 33.3 Å². The highest BCUT2D eigenvalue weighted by atomic mass is 16.5. The molecule has 0 saturated heterocycles. The molecule has 1 aliphatic heterocycles. The molecule has 5 heteroatoms. The minimum Gasteiger partial charge on any atom is -0.425 e.